The number of hydrogen-bond donors (Lipinski definition) is 2. The fourth-order valence-corrected chi connectivity index (χ4v) is 3.64. The van der Waals surface area contributed by atoms with Gasteiger partial charge in [-0.05, 0) is 64.2 Å². The molecular formula is C26H26BrN3O4. The lowest BCUT2D eigenvalue weighted by atomic mass is 10.1. The van der Waals surface area contributed by atoms with Crippen LogP contribution in [0.15, 0.2) is 76.3 Å². The first-order valence-corrected chi connectivity index (χ1v) is 11.6. The second kappa shape index (κ2) is 12.6. The first kappa shape index (κ1) is 25.0. The fourth-order valence-electron chi connectivity index (χ4n) is 3.06. The van der Waals surface area contributed by atoms with Gasteiger partial charge in [0.05, 0.1) is 17.3 Å². The van der Waals surface area contributed by atoms with Crippen molar-refractivity contribution < 1.29 is 19.1 Å². The molecular weight excluding hydrogens is 498 g/mol. The van der Waals surface area contributed by atoms with Gasteiger partial charge in [-0.3, -0.25) is 9.59 Å². The van der Waals surface area contributed by atoms with Crippen LogP contribution in [0.2, 0.25) is 0 Å². The highest BCUT2D eigenvalue weighted by Crippen LogP contribution is 2.37. The van der Waals surface area contributed by atoms with Crippen molar-refractivity contribution in [2.75, 3.05) is 6.61 Å². The van der Waals surface area contributed by atoms with Crippen molar-refractivity contribution in [3.63, 3.8) is 0 Å². The number of amides is 2. The summed E-state index contributed by atoms with van der Waals surface area (Å²) in [6, 6.07) is 20.9. The minimum Gasteiger partial charge on any atom is -0.490 e. The average molecular weight is 524 g/mol. The monoisotopic (exact) mass is 523 g/mol. The summed E-state index contributed by atoms with van der Waals surface area (Å²) in [7, 11) is 0. The molecule has 0 aliphatic rings. The number of aryl methyl sites for hydroxylation is 1. The molecule has 0 atom stereocenters. The van der Waals surface area contributed by atoms with Gasteiger partial charge in [0, 0.05) is 6.54 Å². The van der Waals surface area contributed by atoms with Crippen LogP contribution in [0.3, 0.4) is 0 Å². The summed E-state index contributed by atoms with van der Waals surface area (Å²) in [6.45, 7) is 5.02. The molecule has 0 saturated heterocycles. The van der Waals surface area contributed by atoms with Crippen molar-refractivity contribution >= 4 is 34.0 Å². The third-order valence-corrected chi connectivity index (χ3v) is 5.44. The Morgan fingerprint density at radius 2 is 1.74 bits per heavy atom. The number of carbonyl (C=O) groups is 2. The molecule has 176 valence electrons. The van der Waals surface area contributed by atoms with Crippen LogP contribution < -0.4 is 20.2 Å². The van der Waals surface area contributed by atoms with Crippen molar-refractivity contribution in [2.45, 2.75) is 27.0 Å². The van der Waals surface area contributed by atoms with E-state index in [1.54, 1.807) is 12.1 Å². The van der Waals surface area contributed by atoms with Crippen LogP contribution in [0.1, 0.15) is 29.2 Å². The van der Waals surface area contributed by atoms with Crippen LogP contribution in [0.4, 0.5) is 0 Å². The molecule has 3 rings (SSSR count). The van der Waals surface area contributed by atoms with E-state index in [0.29, 0.717) is 34.7 Å². The Bertz CT molecular complexity index is 1170. The highest BCUT2D eigenvalue weighted by atomic mass is 79.9. The van der Waals surface area contributed by atoms with E-state index in [0.717, 1.165) is 16.7 Å². The van der Waals surface area contributed by atoms with Gasteiger partial charge in [-0.2, -0.15) is 5.10 Å². The second-order valence-electron chi connectivity index (χ2n) is 7.35. The van der Waals surface area contributed by atoms with Gasteiger partial charge in [0.1, 0.15) is 6.61 Å². The Morgan fingerprint density at radius 3 is 2.47 bits per heavy atom. The maximum Gasteiger partial charge on any atom is 0.329 e. The Balaban J connectivity index is 1.62. The molecule has 2 amide bonds. The average Bonchev–Trinajstić information content (AvgIpc) is 2.84. The quantitative estimate of drug-likeness (QED) is 0.245. The van der Waals surface area contributed by atoms with Crippen LogP contribution in [0.5, 0.6) is 11.5 Å². The van der Waals surface area contributed by atoms with Crippen LogP contribution in [0, 0.1) is 6.92 Å². The smallest absolute Gasteiger partial charge is 0.329 e. The summed E-state index contributed by atoms with van der Waals surface area (Å²) in [4.78, 5) is 24.0. The first-order chi connectivity index (χ1) is 16.5. The van der Waals surface area contributed by atoms with Crippen molar-refractivity contribution in [2.24, 2.45) is 5.10 Å². The number of halogens is 1. The highest BCUT2D eigenvalue weighted by molar-refractivity contribution is 9.10. The van der Waals surface area contributed by atoms with E-state index in [-0.39, 0.29) is 6.54 Å². The molecule has 0 unspecified atom stereocenters. The molecule has 0 spiro atoms. The van der Waals surface area contributed by atoms with E-state index in [4.69, 9.17) is 9.47 Å². The van der Waals surface area contributed by atoms with Crippen molar-refractivity contribution in [3.05, 3.63) is 93.5 Å². The lowest BCUT2D eigenvalue weighted by Crippen LogP contribution is -2.37. The minimum atomic E-state index is -0.852. The van der Waals surface area contributed by atoms with Gasteiger partial charge in [0.25, 0.3) is 0 Å². The van der Waals surface area contributed by atoms with E-state index in [1.165, 1.54) is 6.21 Å². The third-order valence-electron chi connectivity index (χ3n) is 4.85. The number of nitrogens with one attached hydrogen (secondary N) is 2. The zero-order chi connectivity index (χ0) is 24.3. The van der Waals surface area contributed by atoms with E-state index in [2.05, 4.69) is 31.8 Å². The molecule has 8 heteroatoms. The summed E-state index contributed by atoms with van der Waals surface area (Å²) >= 11 is 3.53. The van der Waals surface area contributed by atoms with Gasteiger partial charge >= 0.3 is 11.8 Å². The topological polar surface area (TPSA) is 89.0 Å². The molecule has 0 aromatic heterocycles. The lowest BCUT2D eigenvalue weighted by molar-refractivity contribution is -0.139. The Morgan fingerprint density at radius 1 is 1.00 bits per heavy atom. The number of carbonyl (C=O) groups excluding carboxylic acids is 2. The predicted octanol–water partition coefficient (Wildman–Crippen LogP) is 4.50. The Labute approximate surface area is 207 Å². The lowest BCUT2D eigenvalue weighted by Gasteiger charge is -2.15. The third kappa shape index (κ3) is 7.18. The molecule has 0 saturated carbocycles. The van der Waals surface area contributed by atoms with Crippen molar-refractivity contribution in [1.29, 1.82) is 0 Å². The van der Waals surface area contributed by atoms with Gasteiger partial charge in [0.2, 0.25) is 0 Å². The van der Waals surface area contributed by atoms with Gasteiger partial charge in [-0.15, -0.1) is 0 Å². The number of nitrogens with zero attached hydrogens (tertiary/aromatic N) is 1. The fraction of sp³-hybridized carbons (Fsp3) is 0.192. The summed E-state index contributed by atoms with van der Waals surface area (Å²) in [5.41, 5.74) is 6.01. The number of ether oxygens (including phenoxy) is 2. The van der Waals surface area contributed by atoms with Crippen molar-refractivity contribution in [1.82, 2.24) is 10.7 Å². The van der Waals surface area contributed by atoms with Gasteiger partial charge in [-0.25, -0.2) is 5.43 Å². The highest BCUT2D eigenvalue weighted by Gasteiger charge is 2.14. The standard InChI is InChI=1S/C26H26BrN3O4/c1-3-33-23-14-20(13-22(27)24(23)34-17-21-12-8-7-9-18(21)2)16-29-30-26(32)25(31)28-15-19-10-5-4-6-11-19/h4-14,16H,3,15,17H2,1-2H3,(H,28,31)(H,30,32)/b29-16+. The Hall–Kier alpha value is -3.65. The summed E-state index contributed by atoms with van der Waals surface area (Å²) in [5, 5.41) is 6.44. The molecule has 0 aliphatic heterocycles. The normalized spacial score (nSPS) is 10.7. The zero-order valence-corrected chi connectivity index (χ0v) is 20.6. The largest absolute Gasteiger partial charge is 0.490 e. The molecule has 2 N–H and O–H groups in total. The summed E-state index contributed by atoms with van der Waals surface area (Å²) in [6.07, 6.45) is 1.43. The SMILES string of the molecule is CCOc1cc(/C=N/NC(=O)C(=O)NCc2ccccc2)cc(Br)c1OCc1ccccc1C. The molecule has 3 aromatic carbocycles. The van der Waals surface area contributed by atoms with Gasteiger partial charge < -0.3 is 14.8 Å². The van der Waals surface area contributed by atoms with E-state index in [1.807, 2.05) is 68.4 Å². The summed E-state index contributed by atoms with van der Waals surface area (Å²) in [5.74, 6) is -0.503. The van der Waals surface area contributed by atoms with Crippen LogP contribution in [0.25, 0.3) is 0 Å². The number of hydrazone groups is 1. The molecule has 0 radical (unpaired) electrons. The number of hydrogen-bond acceptors (Lipinski definition) is 5. The maximum atomic E-state index is 12.0. The van der Waals surface area contributed by atoms with Crippen LogP contribution in [-0.2, 0) is 22.7 Å². The second-order valence-corrected chi connectivity index (χ2v) is 8.20. The zero-order valence-electron chi connectivity index (χ0n) is 19.0. The van der Waals surface area contributed by atoms with Crippen LogP contribution >= 0.6 is 15.9 Å². The molecule has 7 nitrogen and oxygen atoms in total. The first-order valence-electron chi connectivity index (χ1n) is 10.8. The van der Waals surface area contributed by atoms with Crippen molar-refractivity contribution in [3.8, 4) is 11.5 Å². The molecule has 34 heavy (non-hydrogen) atoms. The number of rotatable bonds is 9. The van der Waals surface area contributed by atoms with E-state index >= 15 is 0 Å². The molecule has 0 heterocycles. The summed E-state index contributed by atoms with van der Waals surface area (Å²) < 4.78 is 12.5. The van der Waals surface area contributed by atoms with Gasteiger partial charge in [0.15, 0.2) is 11.5 Å². The minimum absolute atomic E-state index is 0.255. The van der Waals surface area contributed by atoms with E-state index in [9.17, 15) is 9.59 Å². The predicted molar refractivity (Wildman–Crippen MR) is 135 cm³/mol. The maximum absolute atomic E-state index is 12.0. The number of benzene rings is 3. The van der Waals surface area contributed by atoms with Gasteiger partial charge in [-0.1, -0.05) is 54.6 Å². The van der Waals surface area contributed by atoms with Crippen LogP contribution in [-0.4, -0.2) is 24.6 Å². The molecule has 0 fully saturated rings. The molecule has 0 bridgehead atoms. The molecule has 3 aromatic rings. The Kier molecular flexibility index (Phi) is 9.22. The molecule has 0 aliphatic carbocycles. The van der Waals surface area contributed by atoms with E-state index < -0.39 is 11.8 Å².